The molecule has 0 radical (unpaired) electrons. The average Bonchev–Trinajstić information content (AvgIpc) is 2.71. The van der Waals surface area contributed by atoms with Crippen LogP contribution < -0.4 is 10.5 Å². The molecule has 0 amide bonds. The van der Waals surface area contributed by atoms with Gasteiger partial charge in [-0.1, -0.05) is 32.9 Å². The van der Waals surface area contributed by atoms with Gasteiger partial charge in [0.05, 0.1) is 12.6 Å². The number of para-hydroxylation sites is 1. The van der Waals surface area contributed by atoms with Gasteiger partial charge < -0.3 is 14.9 Å². The van der Waals surface area contributed by atoms with E-state index in [2.05, 4.69) is 20.8 Å². The molecule has 2 aromatic rings. The summed E-state index contributed by atoms with van der Waals surface area (Å²) in [5.41, 5.74) is 6.98. The number of nitrogens with two attached hydrogens (primary N) is 1. The van der Waals surface area contributed by atoms with Gasteiger partial charge in [0.2, 0.25) is 0 Å². The van der Waals surface area contributed by atoms with Crippen LogP contribution in [0.15, 0.2) is 28.7 Å². The maximum atomic E-state index is 6.23. The highest BCUT2D eigenvalue weighted by Crippen LogP contribution is 2.36. The highest BCUT2D eigenvalue weighted by Gasteiger charge is 2.26. The summed E-state index contributed by atoms with van der Waals surface area (Å²) in [5.74, 6) is 1.59. The minimum absolute atomic E-state index is 0.0281. The lowest BCUT2D eigenvalue weighted by atomic mass is 9.86. The number of hydrogen-bond donors (Lipinski definition) is 1. The zero-order valence-corrected chi connectivity index (χ0v) is 11.5. The Morgan fingerprint density at radius 2 is 2.06 bits per heavy atom. The number of hydrogen-bond acceptors (Lipinski definition) is 3. The predicted molar refractivity (Wildman–Crippen MR) is 73.8 cm³/mol. The van der Waals surface area contributed by atoms with Crippen LogP contribution in [-0.2, 0) is 0 Å². The molecule has 0 bridgehead atoms. The fourth-order valence-electron chi connectivity index (χ4n) is 1.91. The SMILES string of the molecule is CCOc1cccc2cc(C(N)C(C)(C)C)oc12. The summed E-state index contributed by atoms with van der Waals surface area (Å²) < 4.78 is 11.5. The zero-order chi connectivity index (χ0) is 13.3. The molecule has 1 atom stereocenters. The van der Waals surface area contributed by atoms with Crippen molar-refractivity contribution in [3.05, 3.63) is 30.0 Å². The third kappa shape index (κ3) is 2.36. The van der Waals surface area contributed by atoms with Gasteiger partial charge in [-0.3, -0.25) is 0 Å². The number of fused-ring (bicyclic) bond motifs is 1. The van der Waals surface area contributed by atoms with Crippen molar-refractivity contribution >= 4 is 11.0 Å². The highest BCUT2D eigenvalue weighted by molar-refractivity contribution is 5.83. The molecule has 98 valence electrons. The van der Waals surface area contributed by atoms with Crippen LogP contribution in [0.2, 0.25) is 0 Å². The van der Waals surface area contributed by atoms with E-state index < -0.39 is 0 Å². The monoisotopic (exact) mass is 247 g/mol. The third-order valence-electron chi connectivity index (χ3n) is 3.07. The number of rotatable bonds is 3. The van der Waals surface area contributed by atoms with Crippen molar-refractivity contribution < 1.29 is 9.15 Å². The largest absolute Gasteiger partial charge is 0.490 e. The molecule has 0 saturated heterocycles. The number of benzene rings is 1. The van der Waals surface area contributed by atoms with E-state index in [1.54, 1.807) is 0 Å². The van der Waals surface area contributed by atoms with Crippen LogP contribution in [-0.4, -0.2) is 6.61 Å². The lowest BCUT2D eigenvalue weighted by molar-refractivity contribution is 0.287. The summed E-state index contributed by atoms with van der Waals surface area (Å²) in [6, 6.07) is 7.78. The van der Waals surface area contributed by atoms with Crippen molar-refractivity contribution in [2.45, 2.75) is 33.7 Å². The summed E-state index contributed by atoms with van der Waals surface area (Å²) in [6.45, 7) is 8.90. The van der Waals surface area contributed by atoms with E-state index in [1.807, 2.05) is 31.2 Å². The molecule has 0 aliphatic rings. The van der Waals surface area contributed by atoms with Crippen molar-refractivity contribution in [1.29, 1.82) is 0 Å². The molecule has 1 aromatic carbocycles. The van der Waals surface area contributed by atoms with E-state index in [0.717, 1.165) is 22.5 Å². The Balaban J connectivity index is 2.47. The molecule has 0 saturated carbocycles. The Labute approximate surface area is 108 Å². The summed E-state index contributed by atoms with van der Waals surface area (Å²) >= 11 is 0. The maximum Gasteiger partial charge on any atom is 0.176 e. The van der Waals surface area contributed by atoms with Gasteiger partial charge in [-0.2, -0.15) is 0 Å². The first-order valence-electron chi connectivity index (χ1n) is 6.34. The van der Waals surface area contributed by atoms with Gasteiger partial charge in [0.25, 0.3) is 0 Å². The fraction of sp³-hybridized carbons (Fsp3) is 0.467. The van der Waals surface area contributed by atoms with Crippen LogP contribution in [0.3, 0.4) is 0 Å². The molecule has 0 fully saturated rings. The van der Waals surface area contributed by atoms with E-state index in [9.17, 15) is 0 Å². The van der Waals surface area contributed by atoms with Gasteiger partial charge in [0.1, 0.15) is 5.76 Å². The molecule has 1 unspecified atom stereocenters. The van der Waals surface area contributed by atoms with Crippen LogP contribution >= 0.6 is 0 Å². The van der Waals surface area contributed by atoms with Crippen LogP contribution in [0.4, 0.5) is 0 Å². The Hall–Kier alpha value is -1.48. The number of ether oxygens (including phenoxy) is 1. The predicted octanol–water partition coefficient (Wildman–Crippen LogP) is 3.88. The molecule has 0 aliphatic carbocycles. The Bertz CT molecular complexity index is 537. The Kier molecular flexibility index (Phi) is 3.35. The van der Waals surface area contributed by atoms with Gasteiger partial charge in [-0.05, 0) is 24.5 Å². The quantitative estimate of drug-likeness (QED) is 0.895. The molecular formula is C15H21NO2. The molecule has 0 spiro atoms. The van der Waals surface area contributed by atoms with E-state index in [-0.39, 0.29) is 11.5 Å². The summed E-state index contributed by atoms with van der Waals surface area (Å²) in [4.78, 5) is 0. The molecule has 3 nitrogen and oxygen atoms in total. The van der Waals surface area contributed by atoms with E-state index in [4.69, 9.17) is 14.9 Å². The second-order valence-corrected chi connectivity index (χ2v) is 5.60. The maximum absolute atomic E-state index is 6.23. The van der Waals surface area contributed by atoms with Crippen molar-refractivity contribution in [2.75, 3.05) is 6.61 Å². The van der Waals surface area contributed by atoms with Crippen molar-refractivity contribution in [2.24, 2.45) is 11.1 Å². The minimum atomic E-state index is -0.126. The molecule has 1 heterocycles. The number of furan rings is 1. The standard InChI is InChI=1S/C15H21NO2/c1-5-17-11-8-6-7-10-9-12(18-13(10)11)14(16)15(2,3)4/h6-9,14H,5,16H2,1-4H3. The van der Waals surface area contributed by atoms with Crippen LogP contribution in [0, 0.1) is 5.41 Å². The first-order chi connectivity index (χ1) is 8.43. The van der Waals surface area contributed by atoms with E-state index >= 15 is 0 Å². The van der Waals surface area contributed by atoms with Crippen LogP contribution in [0.5, 0.6) is 5.75 Å². The molecule has 2 rings (SSSR count). The molecule has 0 aliphatic heterocycles. The smallest absolute Gasteiger partial charge is 0.176 e. The van der Waals surface area contributed by atoms with Gasteiger partial charge in [-0.15, -0.1) is 0 Å². The molecule has 1 aromatic heterocycles. The summed E-state index contributed by atoms with van der Waals surface area (Å²) in [7, 11) is 0. The third-order valence-corrected chi connectivity index (χ3v) is 3.07. The minimum Gasteiger partial charge on any atom is -0.490 e. The van der Waals surface area contributed by atoms with Crippen LogP contribution in [0.1, 0.15) is 39.5 Å². The molecule has 18 heavy (non-hydrogen) atoms. The highest BCUT2D eigenvalue weighted by atomic mass is 16.5. The van der Waals surface area contributed by atoms with Crippen molar-refractivity contribution in [3.63, 3.8) is 0 Å². The normalized spacial score (nSPS) is 13.8. The van der Waals surface area contributed by atoms with Crippen molar-refractivity contribution in [1.82, 2.24) is 0 Å². The molecule has 3 heteroatoms. The zero-order valence-electron chi connectivity index (χ0n) is 11.5. The van der Waals surface area contributed by atoms with Crippen molar-refractivity contribution in [3.8, 4) is 5.75 Å². The first kappa shape index (κ1) is 13.0. The fourth-order valence-corrected chi connectivity index (χ4v) is 1.91. The molecule has 2 N–H and O–H groups in total. The average molecular weight is 247 g/mol. The second kappa shape index (κ2) is 4.65. The topological polar surface area (TPSA) is 48.4 Å². The van der Waals surface area contributed by atoms with Gasteiger partial charge >= 0.3 is 0 Å². The second-order valence-electron chi connectivity index (χ2n) is 5.60. The van der Waals surface area contributed by atoms with Gasteiger partial charge in [-0.25, -0.2) is 0 Å². The first-order valence-corrected chi connectivity index (χ1v) is 6.34. The van der Waals surface area contributed by atoms with E-state index in [1.165, 1.54) is 0 Å². The summed E-state index contributed by atoms with van der Waals surface area (Å²) in [6.07, 6.45) is 0. The Morgan fingerprint density at radius 3 is 2.67 bits per heavy atom. The molecular weight excluding hydrogens is 226 g/mol. The lowest BCUT2D eigenvalue weighted by Gasteiger charge is -2.24. The van der Waals surface area contributed by atoms with E-state index in [0.29, 0.717) is 6.61 Å². The lowest BCUT2D eigenvalue weighted by Crippen LogP contribution is -2.25. The summed E-state index contributed by atoms with van der Waals surface area (Å²) in [5, 5.41) is 1.04. The Morgan fingerprint density at radius 1 is 1.33 bits per heavy atom. The van der Waals surface area contributed by atoms with Gasteiger partial charge in [0, 0.05) is 5.39 Å². The van der Waals surface area contributed by atoms with Crippen LogP contribution in [0.25, 0.3) is 11.0 Å². The van der Waals surface area contributed by atoms with Gasteiger partial charge in [0.15, 0.2) is 11.3 Å².